The van der Waals surface area contributed by atoms with Gasteiger partial charge in [0, 0.05) is 31.8 Å². The highest BCUT2D eigenvalue weighted by Crippen LogP contribution is 2.37. The van der Waals surface area contributed by atoms with E-state index >= 15 is 0 Å². The molecule has 0 saturated carbocycles. The van der Waals surface area contributed by atoms with Crippen molar-refractivity contribution in [2.45, 2.75) is 18.5 Å². The standard InChI is InChI=1S/C14H16ClF3N2O/c1-21-8-7-20(6-2-5-19)13-4-3-11(10-15)9-12(13)14(16,17)18/h3-4,9H,2,6-8,10H2,1H3. The molecule has 3 nitrogen and oxygen atoms in total. The van der Waals surface area contributed by atoms with Gasteiger partial charge in [0.15, 0.2) is 0 Å². The maximum absolute atomic E-state index is 13.2. The number of halogens is 4. The number of nitrogens with zero attached hydrogens (tertiary/aromatic N) is 2. The number of benzene rings is 1. The highest BCUT2D eigenvalue weighted by atomic mass is 35.5. The minimum Gasteiger partial charge on any atom is -0.383 e. The Morgan fingerprint density at radius 1 is 1.33 bits per heavy atom. The third kappa shape index (κ3) is 5.10. The Hall–Kier alpha value is -1.45. The van der Waals surface area contributed by atoms with Gasteiger partial charge in [0.2, 0.25) is 0 Å². The van der Waals surface area contributed by atoms with Gasteiger partial charge < -0.3 is 9.64 Å². The lowest BCUT2D eigenvalue weighted by atomic mass is 10.1. The zero-order chi connectivity index (χ0) is 15.9. The Morgan fingerprint density at radius 2 is 2.05 bits per heavy atom. The second-order valence-corrected chi connectivity index (χ2v) is 4.64. The van der Waals surface area contributed by atoms with Crippen LogP contribution >= 0.6 is 11.6 Å². The Balaban J connectivity index is 3.19. The molecule has 0 saturated heterocycles. The van der Waals surface area contributed by atoms with E-state index in [1.54, 1.807) is 6.07 Å². The maximum Gasteiger partial charge on any atom is 0.418 e. The van der Waals surface area contributed by atoms with E-state index in [-0.39, 0.29) is 37.7 Å². The molecule has 0 spiro atoms. The van der Waals surface area contributed by atoms with Crippen molar-refractivity contribution >= 4 is 17.3 Å². The van der Waals surface area contributed by atoms with E-state index < -0.39 is 11.7 Å². The summed E-state index contributed by atoms with van der Waals surface area (Å²) >= 11 is 5.60. The molecule has 1 aromatic carbocycles. The average Bonchev–Trinajstić information content (AvgIpc) is 2.46. The molecule has 0 fully saturated rings. The van der Waals surface area contributed by atoms with E-state index in [1.807, 2.05) is 6.07 Å². The first-order valence-electron chi connectivity index (χ1n) is 6.31. The molecular formula is C14H16ClF3N2O. The molecule has 0 bridgehead atoms. The Kier molecular flexibility index (Phi) is 6.79. The van der Waals surface area contributed by atoms with Crippen LogP contribution in [-0.2, 0) is 16.8 Å². The van der Waals surface area contributed by atoms with Crippen LogP contribution < -0.4 is 4.90 Å². The summed E-state index contributed by atoms with van der Waals surface area (Å²) in [6.45, 7) is 0.768. The molecule has 1 rings (SSSR count). The highest BCUT2D eigenvalue weighted by molar-refractivity contribution is 6.17. The van der Waals surface area contributed by atoms with Gasteiger partial charge in [-0.2, -0.15) is 18.4 Å². The van der Waals surface area contributed by atoms with Gasteiger partial charge in [0.25, 0.3) is 0 Å². The van der Waals surface area contributed by atoms with Gasteiger partial charge in [-0.25, -0.2) is 0 Å². The first-order chi connectivity index (χ1) is 9.93. The molecule has 0 aliphatic rings. The van der Waals surface area contributed by atoms with Gasteiger partial charge in [-0.05, 0) is 17.7 Å². The van der Waals surface area contributed by atoms with Crippen molar-refractivity contribution in [2.24, 2.45) is 0 Å². The Labute approximate surface area is 126 Å². The molecule has 0 heterocycles. The van der Waals surface area contributed by atoms with Crippen LogP contribution in [0.15, 0.2) is 18.2 Å². The van der Waals surface area contributed by atoms with Crippen LogP contribution in [-0.4, -0.2) is 26.8 Å². The molecule has 116 valence electrons. The summed E-state index contributed by atoms with van der Waals surface area (Å²) in [5.41, 5.74) is -0.293. The number of nitriles is 1. The summed E-state index contributed by atoms with van der Waals surface area (Å²) in [5, 5.41) is 8.65. The van der Waals surface area contributed by atoms with Crippen LogP contribution in [0.4, 0.5) is 18.9 Å². The number of hydrogen-bond acceptors (Lipinski definition) is 3. The Bertz CT molecular complexity index is 500. The monoisotopic (exact) mass is 320 g/mol. The number of rotatable bonds is 7. The van der Waals surface area contributed by atoms with Crippen molar-refractivity contribution in [2.75, 3.05) is 31.7 Å². The normalized spacial score (nSPS) is 11.2. The van der Waals surface area contributed by atoms with E-state index in [1.165, 1.54) is 18.1 Å². The van der Waals surface area contributed by atoms with Gasteiger partial charge in [-0.15, -0.1) is 11.6 Å². The summed E-state index contributed by atoms with van der Waals surface area (Å²) < 4.78 is 44.5. The van der Waals surface area contributed by atoms with Crippen LogP contribution in [0.5, 0.6) is 0 Å². The molecular weight excluding hydrogens is 305 g/mol. The number of anilines is 1. The van der Waals surface area contributed by atoms with Gasteiger partial charge >= 0.3 is 6.18 Å². The maximum atomic E-state index is 13.2. The van der Waals surface area contributed by atoms with Gasteiger partial charge in [-0.3, -0.25) is 0 Å². The lowest BCUT2D eigenvalue weighted by molar-refractivity contribution is -0.137. The highest BCUT2D eigenvalue weighted by Gasteiger charge is 2.35. The van der Waals surface area contributed by atoms with Crippen molar-refractivity contribution in [3.63, 3.8) is 0 Å². The van der Waals surface area contributed by atoms with Crippen molar-refractivity contribution < 1.29 is 17.9 Å². The summed E-state index contributed by atoms with van der Waals surface area (Å²) in [5.74, 6) is 0.0135. The zero-order valence-electron chi connectivity index (χ0n) is 11.6. The first-order valence-corrected chi connectivity index (χ1v) is 6.84. The molecule has 0 N–H and O–H groups in total. The third-order valence-corrected chi connectivity index (χ3v) is 3.23. The summed E-state index contributed by atoms with van der Waals surface area (Å²) in [7, 11) is 1.48. The second-order valence-electron chi connectivity index (χ2n) is 4.37. The Morgan fingerprint density at radius 3 is 2.57 bits per heavy atom. The fourth-order valence-corrected chi connectivity index (χ4v) is 2.07. The molecule has 0 unspecified atom stereocenters. The van der Waals surface area contributed by atoms with E-state index in [2.05, 4.69) is 0 Å². The number of ether oxygens (including phenoxy) is 1. The van der Waals surface area contributed by atoms with Crippen LogP contribution in [0.1, 0.15) is 17.5 Å². The fourth-order valence-electron chi connectivity index (χ4n) is 1.91. The van der Waals surface area contributed by atoms with Crippen LogP contribution in [0.3, 0.4) is 0 Å². The van der Waals surface area contributed by atoms with Crippen LogP contribution in [0.25, 0.3) is 0 Å². The third-order valence-electron chi connectivity index (χ3n) is 2.92. The van der Waals surface area contributed by atoms with E-state index in [0.29, 0.717) is 5.56 Å². The summed E-state index contributed by atoms with van der Waals surface area (Å²) in [6, 6.07) is 5.95. The largest absolute Gasteiger partial charge is 0.418 e. The molecule has 0 aliphatic carbocycles. The molecule has 0 radical (unpaired) electrons. The molecule has 0 atom stereocenters. The van der Waals surface area contributed by atoms with Gasteiger partial charge in [0.1, 0.15) is 0 Å². The SMILES string of the molecule is COCCN(CCC#N)c1ccc(CCl)cc1C(F)(F)F. The van der Waals surface area contributed by atoms with Crippen LogP contribution in [0.2, 0.25) is 0 Å². The predicted octanol–water partition coefficient (Wildman–Crippen LogP) is 3.81. The van der Waals surface area contributed by atoms with E-state index in [4.69, 9.17) is 21.6 Å². The molecule has 21 heavy (non-hydrogen) atoms. The summed E-state index contributed by atoms with van der Waals surface area (Å²) in [6.07, 6.45) is -4.34. The topological polar surface area (TPSA) is 36.3 Å². The molecule has 1 aromatic rings. The summed E-state index contributed by atoms with van der Waals surface area (Å²) in [4.78, 5) is 1.51. The zero-order valence-corrected chi connectivity index (χ0v) is 12.3. The van der Waals surface area contributed by atoms with Crippen molar-refractivity contribution in [3.05, 3.63) is 29.3 Å². The first kappa shape index (κ1) is 17.6. The minimum absolute atomic E-state index is 0.0135. The lowest BCUT2D eigenvalue weighted by Gasteiger charge is -2.27. The number of methoxy groups -OCH3 is 1. The molecule has 0 aliphatic heterocycles. The number of alkyl halides is 4. The smallest absolute Gasteiger partial charge is 0.383 e. The molecule has 7 heteroatoms. The number of hydrogen-bond donors (Lipinski definition) is 0. The average molecular weight is 321 g/mol. The van der Waals surface area contributed by atoms with E-state index in [0.717, 1.165) is 6.07 Å². The predicted molar refractivity (Wildman–Crippen MR) is 75.3 cm³/mol. The van der Waals surface area contributed by atoms with E-state index in [9.17, 15) is 13.2 Å². The van der Waals surface area contributed by atoms with Crippen molar-refractivity contribution in [1.29, 1.82) is 5.26 Å². The van der Waals surface area contributed by atoms with Gasteiger partial charge in [0.05, 0.1) is 24.7 Å². The van der Waals surface area contributed by atoms with Crippen molar-refractivity contribution in [3.8, 4) is 6.07 Å². The lowest BCUT2D eigenvalue weighted by Crippen LogP contribution is -2.30. The fraction of sp³-hybridized carbons (Fsp3) is 0.500. The minimum atomic E-state index is -4.48. The molecule has 0 amide bonds. The van der Waals surface area contributed by atoms with Crippen molar-refractivity contribution in [1.82, 2.24) is 0 Å². The molecule has 0 aromatic heterocycles. The quantitative estimate of drug-likeness (QED) is 0.717. The van der Waals surface area contributed by atoms with Gasteiger partial charge in [-0.1, -0.05) is 6.07 Å². The second kappa shape index (κ2) is 8.11. The van der Waals surface area contributed by atoms with Crippen LogP contribution in [0, 0.1) is 11.3 Å².